The first-order chi connectivity index (χ1) is 7.25. The Hall–Kier alpha value is -0.580. The van der Waals surface area contributed by atoms with Gasteiger partial charge in [-0.2, -0.15) is 4.98 Å². The maximum absolute atomic E-state index is 5.92. The Bertz CT molecular complexity index is 339. The largest absolute Gasteiger partial charge is 0.367 e. The van der Waals surface area contributed by atoms with Crippen LogP contribution in [0.25, 0.3) is 0 Å². The Kier molecular flexibility index (Phi) is 3.61. The van der Waals surface area contributed by atoms with Crippen LogP contribution in [0.5, 0.6) is 0 Å². The van der Waals surface area contributed by atoms with Crippen LogP contribution in [-0.2, 0) is 0 Å². The van der Waals surface area contributed by atoms with Gasteiger partial charge in [0.1, 0.15) is 10.8 Å². The average molecular weight is 247 g/mol. The van der Waals surface area contributed by atoms with Crippen LogP contribution < -0.4 is 10.6 Å². The Balaban J connectivity index is 1.94. The van der Waals surface area contributed by atoms with Crippen LogP contribution >= 0.6 is 23.2 Å². The van der Waals surface area contributed by atoms with Gasteiger partial charge in [-0.3, -0.25) is 0 Å². The van der Waals surface area contributed by atoms with Crippen LogP contribution in [0.2, 0.25) is 10.3 Å². The highest BCUT2D eigenvalue weighted by Gasteiger charge is 2.14. The standard InChI is InChI=1S/C9H12Cl2N4/c10-7-5-14-9(11)15-8(7)13-4-6-2-1-3-12-6/h5-6,12H,1-4H2,(H,13,14,15)/t6-/m0/s1. The first kappa shape index (κ1) is 10.9. The number of hydrogen-bond acceptors (Lipinski definition) is 4. The van der Waals surface area contributed by atoms with Gasteiger partial charge in [0, 0.05) is 12.6 Å². The van der Waals surface area contributed by atoms with Crippen LogP contribution in [0.15, 0.2) is 6.20 Å². The first-order valence-corrected chi connectivity index (χ1v) is 5.66. The van der Waals surface area contributed by atoms with E-state index in [-0.39, 0.29) is 5.28 Å². The molecule has 0 unspecified atom stereocenters. The van der Waals surface area contributed by atoms with Gasteiger partial charge in [0.25, 0.3) is 0 Å². The Morgan fingerprint density at radius 1 is 1.53 bits per heavy atom. The Morgan fingerprint density at radius 2 is 2.40 bits per heavy atom. The third-order valence-electron chi connectivity index (χ3n) is 2.39. The van der Waals surface area contributed by atoms with Crippen molar-refractivity contribution in [3.8, 4) is 0 Å². The molecular weight excluding hydrogens is 235 g/mol. The number of halogens is 2. The zero-order chi connectivity index (χ0) is 10.7. The van der Waals surface area contributed by atoms with Crippen LogP contribution in [0.4, 0.5) is 5.82 Å². The molecule has 0 bridgehead atoms. The van der Waals surface area contributed by atoms with E-state index in [1.165, 1.54) is 19.0 Å². The Morgan fingerprint density at radius 3 is 3.13 bits per heavy atom. The van der Waals surface area contributed by atoms with E-state index in [9.17, 15) is 0 Å². The highest BCUT2D eigenvalue weighted by Crippen LogP contribution is 2.19. The Labute approximate surface area is 98.4 Å². The number of nitrogens with zero attached hydrogens (tertiary/aromatic N) is 2. The fraction of sp³-hybridized carbons (Fsp3) is 0.556. The van der Waals surface area contributed by atoms with E-state index in [0.717, 1.165) is 13.1 Å². The van der Waals surface area contributed by atoms with E-state index in [2.05, 4.69) is 20.6 Å². The summed E-state index contributed by atoms with van der Waals surface area (Å²) in [5, 5.41) is 7.25. The highest BCUT2D eigenvalue weighted by atomic mass is 35.5. The fourth-order valence-electron chi connectivity index (χ4n) is 1.62. The normalized spacial score (nSPS) is 20.5. The lowest BCUT2D eigenvalue weighted by atomic mass is 10.2. The summed E-state index contributed by atoms with van der Waals surface area (Å²) < 4.78 is 0. The third kappa shape index (κ3) is 2.93. The summed E-state index contributed by atoms with van der Waals surface area (Å²) in [6, 6.07) is 0.495. The molecule has 2 N–H and O–H groups in total. The van der Waals surface area contributed by atoms with Crippen molar-refractivity contribution in [3.63, 3.8) is 0 Å². The molecular formula is C9H12Cl2N4. The minimum absolute atomic E-state index is 0.210. The summed E-state index contributed by atoms with van der Waals surface area (Å²) >= 11 is 11.6. The van der Waals surface area contributed by atoms with E-state index in [4.69, 9.17) is 23.2 Å². The second-order valence-electron chi connectivity index (χ2n) is 3.51. The SMILES string of the molecule is Clc1ncc(Cl)c(NC[C@@H]2CCCN2)n1. The predicted octanol–water partition coefficient (Wildman–Crippen LogP) is 1.95. The maximum Gasteiger partial charge on any atom is 0.224 e. The third-order valence-corrected chi connectivity index (χ3v) is 2.85. The minimum Gasteiger partial charge on any atom is -0.367 e. The second-order valence-corrected chi connectivity index (χ2v) is 4.26. The van der Waals surface area contributed by atoms with Gasteiger partial charge in [0.15, 0.2) is 0 Å². The molecule has 1 aliphatic heterocycles. The van der Waals surface area contributed by atoms with E-state index in [0.29, 0.717) is 16.9 Å². The van der Waals surface area contributed by atoms with Gasteiger partial charge < -0.3 is 10.6 Å². The molecule has 15 heavy (non-hydrogen) atoms. The van der Waals surface area contributed by atoms with E-state index >= 15 is 0 Å². The van der Waals surface area contributed by atoms with Gasteiger partial charge in [-0.25, -0.2) is 4.98 Å². The van der Waals surface area contributed by atoms with Gasteiger partial charge in [-0.1, -0.05) is 11.6 Å². The number of aromatic nitrogens is 2. The van der Waals surface area contributed by atoms with Crippen LogP contribution in [0, 0.1) is 0 Å². The lowest BCUT2D eigenvalue weighted by molar-refractivity contribution is 0.632. The molecule has 0 radical (unpaired) electrons. The zero-order valence-electron chi connectivity index (χ0n) is 8.13. The van der Waals surface area contributed by atoms with Crippen molar-refractivity contribution in [1.82, 2.24) is 15.3 Å². The van der Waals surface area contributed by atoms with Crippen molar-refractivity contribution in [3.05, 3.63) is 16.5 Å². The van der Waals surface area contributed by atoms with Crippen LogP contribution in [-0.4, -0.2) is 29.1 Å². The van der Waals surface area contributed by atoms with Gasteiger partial charge in [-0.05, 0) is 31.0 Å². The smallest absolute Gasteiger partial charge is 0.224 e. The molecule has 4 nitrogen and oxygen atoms in total. The molecule has 1 atom stereocenters. The monoisotopic (exact) mass is 246 g/mol. The summed E-state index contributed by atoms with van der Waals surface area (Å²) in [6.45, 7) is 1.90. The van der Waals surface area contributed by atoms with Crippen LogP contribution in [0.3, 0.4) is 0 Å². The molecule has 1 aliphatic rings. The number of nitrogens with one attached hydrogen (secondary N) is 2. The first-order valence-electron chi connectivity index (χ1n) is 4.91. The van der Waals surface area contributed by atoms with Gasteiger partial charge in [0.2, 0.25) is 5.28 Å². The molecule has 2 heterocycles. The van der Waals surface area contributed by atoms with Crippen molar-refractivity contribution in [1.29, 1.82) is 0 Å². The molecule has 1 aromatic rings. The summed E-state index contributed by atoms with van der Waals surface area (Å²) in [5.41, 5.74) is 0. The zero-order valence-corrected chi connectivity index (χ0v) is 9.65. The van der Waals surface area contributed by atoms with Gasteiger partial charge in [0.05, 0.1) is 6.20 Å². The lowest BCUT2D eigenvalue weighted by Crippen LogP contribution is -2.29. The van der Waals surface area contributed by atoms with Crippen molar-refractivity contribution in [2.45, 2.75) is 18.9 Å². The van der Waals surface area contributed by atoms with Crippen LogP contribution in [0.1, 0.15) is 12.8 Å². The van der Waals surface area contributed by atoms with Crippen molar-refractivity contribution < 1.29 is 0 Å². The molecule has 6 heteroatoms. The maximum atomic E-state index is 5.92. The molecule has 0 aromatic carbocycles. The van der Waals surface area contributed by atoms with Gasteiger partial charge >= 0.3 is 0 Å². The van der Waals surface area contributed by atoms with Crippen molar-refractivity contribution in [2.75, 3.05) is 18.4 Å². The number of anilines is 1. The topological polar surface area (TPSA) is 49.8 Å². The number of hydrogen-bond donors (Lipinski definition) is 2. The molecule has 0 amide bonds. The van der Waals surface area contributed by atoms with E-state index in [1.54, 1.807) is 0 Å². The summed E-state index contributed by atoms with van der Waals surface area (Å²) in [6.07, 6.45) is 3.91. The molecule has 82 valence electrons. The predicted molar refractivity (Wildman–Crippen MR) is 61.6 cm³/mol. The molecule has 2 rings (SSSR count). The second kappa shape index (κ2) is 4.96. The minimum atomic E-state index is 0.210. The molecule has 0 saturated carbocycles. The summed E-state index contributed by atoms with van der Waals surface area (Å²) in [7, 11) is 0. The van der Waals surface area contributed by atoms with Crippen molar-refractivity contribution in [2.24, 2.45) is 0 Å². The molecule has 0 aliphatic carbocycles. The van der Waals surface area contributed by atoms with Gasteiger partial charge in [-0.15, -0.1) is 0 Å². The molecule has 1 fully saturated rings. The summed E-state index contributed by atoms with van der Waals surface area (Å²) in [5.74, 6) is 0.602. The summed E-state index contributed by atoms with van der Waals surface area (Å²) in [4.78, 5) is 7.80. The van der Waals surface area contributed by atoms with Crippen molar-refractivity contribution >= 4 is 29.0 Å². The number of rotatable bonds is 3. The quantitative estimate of drug-likeness (QED) is 0.801. The van der Waals surface area contributed by atoms with E-state index in [1.807, 2.05) is 0 Å². The average Bonchev–Trinajstić information content (AvgIpc) is 2.72. The fourth-order valence-corrected chi connectivity index (χ4v) is 1.91. The highest BCUT2D eigenvalue weighted by molar-refractivity contribution is 6.33. The molecule has 1 aromatic heterocycles. The molecule has 1 saturated heterocycles. The molecule has 0 spiro atoms. The lowest BCUT2D eigenvalue weighted by Gasteiger charge is -2.12. The van der Waals surface area contributed by atoms with E-state index < -0.39 is 0 Å².